The number of methoxy groups -OCH3 is 1. The first-order valence-electron chi connectivity index (χ1n) is 8.77. The van der Waals surface area contributed by atoms with Gasteiger partial charge in [0, 0.05) is 37.2 Å². The molecule has 8 nitrogen and oxygen atoms in total. The molecule has 9 heteroatoms. The molecule has 2 aliphatic rings. The first-order chi connectivity index (χ1) is 12.9. The van der Waals surface area contributed by atoms with Crippen LogP contribution in [-0.4, -0.2) is 50.7 Å². The molecule has 0 spiro atoms. The number of guanidine groups is 1. The van der Waals surface area contributed by atoms with Gasteiger partial charge in [0.1, 0.15) is 17.7 Å². The minimum atomic E-state index is -3.31. The highest BCUT2D eigenvalue weighted by Crippen LogP contribution is 2.35. The largest absolute Gasteiger partial charge is 0.495 e. The SMILES string of the molecule is COc1cc(S(C)(=O)=O)ccc1NC1=Nc2[nH]ccc2C(NC2CC2)N1C. The minimum absolute atomic E-state index is 0.0139. The summed E-state index contributed by atoms with van der Waals surface area (Å²) in [5, 5.41) is 6.91. The lowest BCUT2D eigenvalue weighted by atomic mass is 10.2. The molecule has 1 fully saturated rings. The summed E-state index contributed by atoms with van der Waals surface area (Å²) in [6.07, 6.45) is 5.44. The van der Waals surface area contributed by atoms with Gasteiger partial charge in [0.15, 0.2) is 9.84 Å². The van der Waals surface area contributed by atoms with Crippen LogP contribution in [0.4, 0.5) is 11.5 Å². The molecule has 3 N–H and O–H groups in total. The summed E-state index contributed by atoms with van der Waals surface area (Å²) in [4.78, 5) is 10.1. The molecular weight excluding hydrogens is 366 g/mol. The van der Waals surface area contributed by atoms with Gasteiger partial charge in [0.05, 0.1) is 17.7 Å². The molecule has 1 aromatic heterocycles. The molecule has 1 aromatic carbocycles. The molecule has 0 radical (unpaired) electrons. The Hall–Kier alpha value is -2.52. The van der Waals surface area contributed by atoms with Crippen molar-refractivity contribution < 1.29 is 13.2 Å². The van der Waals surface area contributed by atoms with Gasteiger partial charge < -0.3 is 19.9 Å². The standard InChI is InChI=1S/C18H23N5O3S/c1-23-17(20-11-4-5-11)13-8-9-19-16(13)22-18(23)21-14-7-6-12(27(3,24)25)10-15(14)26-2/h6-11,17,19-20H,4-5H2,1-3H3,(H,21,22). The predicted octanol–water partition coefficient (Wildman–Crippen LogP) is 2.22. The quantitative estimate of drug-likeness (QED) is 0.725. The number of aromatic nitrogens is 1. The molecular formula is C18H23N5O3S. The van der Waals surface area contributed by atoms with Crippen molar-refractivity contribution in [3.8, 4) is 5.75 Å². The Labute approximate surface area is 158 Å². The molecule has 2 aromatic rings. The van der Waals surface area contributed by atoms with Gasteiger partial charge in [-0.2, -0.15) is 4.99 Å². The highest BCUT2D eigenvalue weighted by molar-refractivity contribution is 7.90. The van der Waals surface area contributed by atoms with Gasteiger partial charge in [-0.15, -0.1) is 0 Å². The monoisotopic (exact) mass is 389 g/mol. The summed E-state index contributed by atoms with van der Waals surface area (Å²) >= 11 is 0. The molecule has 1 atom stereocenters. The van der Waals surface area contributed by atoms with Crippen molar-refractivity contribution in [3.63, 3.8) is 0 Å². The molecule has 144 valence electrons. The molecule has 0 bridgehead atoms. The fourth-order valence-electron chi connectivity index (χ4n) is 3.12. The number of aromatic amines is 1. The van der Waals surface area contributed by atoms with E-state index in [1.165, 1.54) is 32.3 Å². The van der Waals surface area contributed by atoms with Gasteiger partial charge in [0.25, 0.3) is 0 Å². The Morgan fingerprint density at radius 2 is 2.07 bits per heavy atom. The van der Waals surface area contributed by atoms with E-state index in [9.17, 15) is 8.42 Å². The van der Waals surface area contributed by atoms with Gasteiger partial charge in [-0.1, -0.05) is 0 Å². The van der Waals surface area contributed by atoms with Gasteiger partial charge in [-0.25, -0.2) is 8.42 Å². The maximum absolute atomic E-state index is 11.8. The molecule has 1 aliphatic carbocycles. The van der Waals surface area contributed by atoms with E-state index in [-0.39, 0.29) is 11.1 Å². The van der Waals surface area contributed by atoms with Gasteiger partial charge in [-0.3, -0.25) is 5.32 Å². The smallest absolute Gasteiger partial charge is 0.206 e. The Morgan fingerprint density at radius 3 is 2.74 bits per heavy atom. The van der Waals surface area contributed by atoms with E-state index in [4.69, 9.17) is 4.74 Å². The number of H-pyrrole nitrogens is 1. The van der Waals surface area contributed by atoms with Crippen LogP contribution in [0.3, 0.4) is 0 Å². The van der Waals surface area contributed by atoms with E-state index in [0.29, 0.717) is 23.4 Å². The lowest BCUT2D eigenvalue weighted by Gasteiger charge is -2.35. The number of hydrogen-bond donors (Lipinski definition) is 3. The topological polar surface area (TPSA) is 98.8 Å². The molecule has 1 aliphatic heterocycles. The maximum atomic E-state index is 11.8. The van der Waals surface area contributed by atoms with E-state index < -0.39 is 9.84 Å². The van der Waals surface area contributed by atoms with Crippen LogP contribution in [0, 0.1) is 0 Å². The van der Waals surface area contributed by atoms with Gasteiger partial charge >= 0.3 is 0 Å². The zero-order valence-corrected chi connectivity index (χ0v) is 16.3. The number of nitrogens with zero attached hydrogens (tertiary/aromatic N) is 2. The Bertz CT molecular complexity index is 994. The van der Waals surface area contributed by atoms with Crippen LogP contribution in [-0.2, 0) is 9.84 Å². The van der Waals surface area contributed by atoms with E-state index in [2.05, 4.69) is 20.6 Å². The lowest BCUT2D eigenvalue weighted by Crippen LogP contribution is -2.45. The van der Waals surface area contributed by atoms with Crippen LogP contribution in [0.15, 0.2) is 40.4 Å². The summed E-state index contributed by atoms with van der Waals surface area (Å²) < 4.78 is 29.0. The number of nitrogens with one attached hydrogen (secondary N) is 3. The third kappa shape index (κ3) is 3.52. The zero-order chi connectivity index (χ0) is 19.2. The highest BCUT2D eigenvalue weighted by Gasteiger charge is 2.33. The zero-order valence-electron chi connectivity index (χ0n) is 15.5. The summed E-state index contributed by atoms with van der Waals surface area (Å²) in [6.45, 7) is 0. The Balaban J connectivity index is 1.66. The maximum Gasteiger partial charge on any atom is 0.206 e. The van der Waals surface area contributed by atoms with Gasteiger partial charge in [0.2, 0.25) is 5.96 Å². The van der Waals surface area contributed by atoms with E-state index in [1.807, 2.05) is 24.2 Å². The second-order valence-electron chi connectivity index (χ2n) is 6.93. The van der Waals surface area contributed by atoms with E-state index >= 15 is 0 Å². The second-order valence-corrected chi connectivity index (χ2v) is 8.95. The molecule has 0 saturated heterocycles. The fourth-order valence-corrected chi connectivity index (χ4v) is 3.76. The fraction of sp³-hybridized carbons (Fsp3) is 0.389. The number of ether oxygens (including phenoxy) is 1. The molecule has 4 rings (SSSR count). The molecule has 1 unspecified atom stereocenters. The first-order valence-corrected chi connectivity index (χ1v) is 10.7. The van der Waals surface area contributed by atoms with Crippen LogP contribution in [0.5, 0.6) is 5.75 Å². The Kier molecular flexibility index (Phi) is 4.35. The molecule has 1 saturated carbocycles. The average Bonchev–Trinajstić information content (AvgIpc) is 3.33. The number of fused-ring (bicyclic) bond motifs is 1. The number of aliphatic imine (C=N–C) groups is 1. The number of benzene rings is 1. The van der Waals surface area contributed by atoms with Crippen LogP contribution in [0.1, 0.15) is 24.6 Å². The van der Waals surface area contributed by atoms with Crippen molar-refractivity contribution in [1.29, 1.82) is 0 Å². The number of hydrogen-bond acceptors (Lipinski definition) is 7. The van der Waals surface area contributed by atoms with Crippen LogP contribution in [0.25, 0.3) is 0 Å². The lowest BCUT2D eigenvalue weighted by molar-refractivity contribution is 0.304. The average molecular weight is 389 g/mol. The van der Waals surface area contributed by atoms with Crippen LogP contribution >= 0.6 is 0 Å². The van der Waals surface area contributed by atoms with Crippen LogP contribution in [0.2, 0.25) is 0 Å². The number of sulfone groups is 1. The molecule has 2 heterocycles. The first kappa shape index (κ1) is 17.9. The number of rotatable bonds is 5. The third-order valence-electron chi connectivity index (χ3n) is 4.81. The normalized spacial score (nSPS) is 19.4. The third-order valence-corrected chi connectivity index (χ3v) is 5.92. The van der Waals surface area contributed by atoms with E-state index in [0.717, 1.165) is 11.4 Å². The van der Waals surface area contributed by atoms with E-state index in [1.54, 1.807) is 12.1 Å². The summed E-state index contributed by atoms with van der Waals surface area (Å²) in [6, 6.07) is 7.33. The van der Waals surface area contributed by atoms with Crippen molar-refractivity contribution >= 4 is 27.3 Å². The van der Waals surface area contributed by atoms with Crippen molar-refractivity contribution in [2.75, 3.05) is 25.7 Å². The summed E-state index contributed by atoms with van der Waals surface area (Å²) in [5.41, 5.74) is 1.75. The predicted molar refractivity (Wildman–Crippen MR) is 104 cm³/mol. The minimum Gasteiger partial charge on any atom is -0.495 e. The van der Waals surface area contributed by atoms with Gasteiger partial charge in [-0.05, 0) is 31.0 Å². The second kappa shape index (κ2) is 6.58. The number of anilines is 1. The highest BCUT2D eigenvalue weighted by atomic mass is 32.2. The Morgan fingerprint density at radius 1 is 1.30 bits per heavy atom. The van der Waals surface area contributed by atoms with Crippen molar-refractivity contribution in [2.24, 2.45) is 4.99 Å². The van der Waals surface area contributed by atoms with Crippen molar-refractivity contribution in [1.82, 2.24) is 15.2 Å². The van der Waals surface area contributed by atoms with Crippen molar-refractivity contribution in [2.45, 2.75) is 29.9 Å². The summed E-state index contributed by atoms with van der Waals surface area (Å²) in [5.74, 6) is 1.90. The summed E-state index contributed by atoms with van der Waals surface area (Å²) in [7, 11) is 0.178. The van der Waals surface area contributed by atoms with Crippen molar-refractivity contribution in [3.05, 3.63) is 36.0 Å². The van der Waals surface area contributed by atoms with Crippen LogP contribution < -0.4 is 15.4 Å². The molecule has 27 heavy (non-hydrogen) atoms. The molecule has 0 amide bonds.